The van der Waals surface area contributed by atoms with Crippen LogP contribution in [0.1, 0.15) is 33.5 Å². The fourth-order valence-electron chi connectivity index (χ4n) is 1.90. The number of nitrogens with zero attached hydrogens (tertiary/aromatic N) is 2. The van der Waals surface area contributed by atoms with Gasteiger partial charge in [-0.25, -0.2) is 8.42 Å². The maximum Gasteiger partial charge on any atom is 0.263 e. The maximum absolute atomic E-state index is 12.4. The average molecular weight is 351 g/mol. The number of nitrogens with one attached hydrogen (secondary N) is 1. The van der Waals surface area contributed by atoms with Crippen LogP contribution < -0.4 is 9.62 Å². The van der Waals surface area contributed by atoms with E-state index >= 15 is 0 Å². The molecule has 0 unspecified atom stereocenters. The molecule has 0 aliphatic rings. The van der Waals surface area contributed by atoms with Gasteiger partial charge in [0, 0.05) is 31.1 Å². The van der Waals surface area contributed by atoms with E-state index < -0.39 is 10.0 Å². The van der Waals surface area contributed by atoms with Crippen molar-refractivity contribution in [3.8, 4) is 0 Å². The minimum absolute atomic E-state index is 0.0727. The zero-order valence-electron chi connectivity index (χ0n) is 14.3. The molecule has 2 aromatic rings. The van der Waals surface area contributed by atoms with E-state index in [1.54, 1.807) is 25.2 Å². The van der Waals surface area contributed by atoms with Gasteiger partial charge in [-0.15, -0.1) is 0 Å². The largest absolute Gasteiger partial charge is 0.359 e. The molecule has 1 aromatic heterocycles. The van der Waals surface area contributed by atoms with Crippen molar-refractivity contribution in [1.29, 1.82) is 0 Å². The van der Waals surface area contributed by atoms with Gasteiger partial charge < -0.3 is 9.42 Å². The number of benzene rings is 1. The van der Waals surface area contributed by atoms with Gasteiger partial charge in [0.25, 0.3) is 10.0 Å². The summed E-state index contributed by atoms with van der Waals surface area (Å²) in [5.74, 6) is 0.574. The van der Waals surface area contributed by atoms with Crippen molar-refractivity contribution in [2.24, 2.45) is 0 Å². The minimum atomic E-state index is -3.78. The number of amides is 1. The molecule has 0 atom stereocenters. The van der Waals surface area contributed by atoms with Crippen molar-refractivity contribution in [3.05, 3.63) is 36.1 Å². The van der Waals surface area contributed by atoms with E-state index in [0.29, 0.717) is 11.4 Å². The molecule has 1 aromatic carbocycles. The van der Waals surface area contributed by atoms with E-state index in [1.165, 1.54) is 24.0 Å². The Hall–Kier alpha value is -2.35. The first-order valence-corrected chi connectivity index (χ1v) is 8.83. The molecule has 2 rings (SSSR count). The number of rotatable bonds is 4. The zero-order valence-corrected chi connectivity index (χ0v) is 15.1. The topological polar surface area (TPSA) is 92.5 Å². The van der Waals surface area contributed by atoms with Gasteiger partial charge in [0.05, 0.1) is 4.90 Å². The van der Waals surface area contributed by atoms with Crippen molar-refractivity contribution in [3.63, 3.8) is 0 Å². The first-order chi connectivity index (χ1) is 11.0. The number of hydrogen-bond donors (Lipinski definition) is 1. The van der Waals surface area contributed by atoms with Gasteiger partial charge in [-0.1, -0.05) is 25.9 Å². The lowest BCUT2D eigenvalue weighted by Gasteiger charge is -2.15. The lowest BCUT2D eigenvalue weighted by atomic mass is 9.93. The summed E-state index contributed by atoms with van der Waals surface area (Å²) >= 11 is 0. The predicted octanol–water partition coefficient (Wildman–Crippen LogP) is 2.76. The van der Waals surface area contributed by atoms with Gasteiger partial charge in [-0.2, -0.15) is 0 Å². The highest BCUT2D eigenvalue weighted by molar-refractivity contribution is 7.92. The molecule has 0 fully saturated rings. The lowest BCUT2D eigenvalue weighted by Crippen LogP contribution is -2.22. The molecule has 8 heteroatoms. The first-order valence-electron chi connectivity index (χ1n) is 7.35. The van der Waals surface area contributed by atoms with Gasteiger partial charge in [-0.05, 0) is 24.3 Å². The molecular weight excluding hydrogens is 330 g/mol. The van der Waals surface area contributed by atoms with E-state index in [0.717, 1.165) is 0 Å². The highest BCUT2D eigenvalue weighted by Gasteiger charge is 2.22. The summed E-state index contributed by atoms with van der Waals surface area (Å²) < 4.78 is 32.4. The molecule has 130 valence electrons. The maximum atomic E-state index is 12.4. The molecule has 1 heterocycles. The molecule has 0 radical (unpaired) electrons. The van der Waals surface area contributed by atoms with Gasteiger partial charge in [-0.3, -0.25) is 9.52 Å². The second-order valence-electron chi connectivity index (χ2n) is 6.50. The summed E-state index contributed by atoms with van der Waals surface area (Å²) in [7, 11) is -2.17. The van der Waals surface area contributed by atoms with Crippen LogP contribution in [0.25, 0.3) is 0 Å². The van der Waals surface area contributed by atoms with E-state index in [-0.39, 0.29) is 22.0 Å². The second-order valence-corrected chi connectivity index (χ2v) is 8.19. The van der Waals surface area contributed by atoms with Crippen molar-refractivity contribution in [1.82, 2.24) is 5.16 Å². The molecule has 1 N–H and O–H groups in total. The molecule has 0 aliphatic carbocycles. The quantitative estimate of drug-likeness (QED) is 0.914. The molecule has 1 amide bonds. The van der Waals surface area contributed by atoms with Crippen LogP contribution in [-0.2, 0) is 20.2 Å². The van der Waals surface area contributed by atoms with Crippen LogP contribution in [0.3, 0.4) is 0 Å². The molecule has 0 saturated carbocycles. The molecule has 0 bridgehead atoms. The number of anilines is 2. The number of carbonyl (C=O) groups excluding carboxylic acids is 1. The molecular formula is C16H21N3O4S. The summed E-state index contributed by atoms with van der Waals surface area (Å²) in [6, 6.07) is 7.57. The van der Waals surface area contributed by atoms with Crippen molar-refractivity contribution >= 4 is 27.4 Å². The van der Waals surface area contributed by atoms with Crippen LogP contribution >= 0.6 is 0 Å². The van der Waals surface area contributed by atoms with E-state index in [9.17, 15) is 13.2 Å². The van der Waals surface area contributed by atoms with Gasteiger partial charge >= 0.3 is 0 Å². The van der Waals surface area contributed by atoms with E-state index in [1.807, 2.05) is 20.8 Å². The van der Waals surface area contributed by atoms with Crippen LogP contribution in [0, 0.1) is 0 Å². The molecule has 0 aliphatic heterocycles. The third-order valence-electron chi connectivity index (χ3n) is 3.49. The fourth-order valence-corrected chi connectivity index (χ4v) is 2.89. The van der Waals surface area contributed by atoms with Crippen LogP contribution in [0.2, 0.25) is 0 Å². The Labute approximate surface area is 141 Å². The predicted molar refractivity (Wildman–Crippen MR) is 91.5 cm³/mol. The Bertz CT molecular complexity index is 833. The highest BCUT2D eigenvalue weighted by atomic mass is 32.2. The van der Waals surface area contributed by atoms with Crippen LogP contribution in [-0.4, -0.2) is 26.5 Å². The van der Waals surface area contributed by atoms with Gasteiger partial charge in [0.1, 0.15) is 5.76 Å². The van der Waals surface area contributed by atoms with Crippen LogP contribution in [0.15, 0.2) is 39.8 Å². The summed E-state index contributed by atoms with van der Waals surface area (Å²) in [6.45, 7) is 7.26. The molecule has 0 spiro atoms. The number of carbonyl (C=O) groups is 1. The summed E-state index contributed by atoms with van der Waals surface area (Å²) in [5.41, 5.74) is 0.341. The van der Waals surface area contributed by atoms with Crippen molar-refractivity contribution < 1.29 is 17.7 Å². The van der Waals surface area contributed by atoms with Crippen molar-refractivity contribution in [2.75, 3.05) is 16.7 Å². The van der Waals surface area contributed by atoms with Gasteiger partial charge in [0.15, 0.2) is 5.82 Å². The third kappa shape index (κ3) is 3.94. The van der Waals surface area contributed by atoms with Crippen molar-refractivity contribution in [2.45, 2.75) is 38.0 Å². The van der Waals surface area contributed by atoms with Crippen LogP contribution in [0.5, 0.6) is 0 Å². The first kappa shape index (κ1) is 18.0. The second kappa shape index (κ2) is 6.27. The standard InChI is InChI=1S/C16H21N3O4S/c1-11(20)19(5)12-6-8-13(9-7-12)24(21,22)18-15-10-14(23-17-15)16(2,3)4/h6-10H,1-5H3,(H,17,18). The average Bonchev–Trinajstić information content (AvgIpc) is 2.94. The van der Waals surface area contributed by atoms with Crippen LogP contribution in [0.4, 0.5) is 11.5 Å². The summed E-state index contributed by atoms with van der Waals surface area (Å²) in [5, 5.41) is 3.74. The normalized spacial score (nSPS) is 12.0. The Balaban J connectivity index is 2.21. The fraction of sp³-hybridized carbons (Fsp3) is 0.375. The molecule has 24 heavy (non-hydrogen) atoms. The lowest BCUT2D eigenvalue weighted by molar-refractivity contribution is -0.116. The summed E-state index contributed by atoms with van der Waals surface area (Å²) in [4.78, 5) is 12.8. The summed E-state index contributed by atoms with van der Waals surface area (Å²) in [6.07, 6.45) is 0. The Morgan fingerprint density at radius 1 is 1.21 bits per heavy atom. The number of aromatic nitrogens is 1. The number of sulfonamides is 1. The SMILES string of the molecule is CC(=O)N(C)c1ccc(S(=O)(=O)Nc2cc(C(C)(C)C)on2)cc1. The van der Waals surface area contributed by atoms with E-state index in [4.69, 9.17) is 4.52 Å². The van der Waals surface area contributed by atoms with E-state index in [2.05, 4.69) is 9.88 Å². The number of hydrogen-bond acceptors (Lipinski definition) is 5. The Morgan fingerprint density at radius 3 is 2.25 bits per heavy atom. The molecule has 7 nitrogen and oxygen atoms in total. The molecule has 0 saturated heterocycles. The third-order valence-corrected chi connectivity index (χ3v) is 4.87. The Kier molecular flexibility index (Phi) is 4.70. The monoisotopic (exact) mass is 351 g/mol. The smallest absolute Gasteiger partial charge is 0.263 e. The van der Waals surface area contributed by atoms with Gasteiger partial charge in [0.2, 0.25) is 5.91 Å². The zero-order chi connectivity index (χ0) is 18.1. The Morgan fingerprint density at radius 2 is 1.79 bits per heavy atom. The highest BCUT2D eigenvalue weighted by Crippen LogP contribution is 2.26. The minimum Gasteiger partial charge on any atom is -0.359 e.